The highest BCUT2D eigenvalue weighted by molar-refractivity contribution is 7.99. The Morgan fingerprint density at radius 2 is 1.90 bits per heavy atom. The highest BCUT2D eigenvalue weighted by atomic mass is 32.2. The monoisotopic (exact) mass is 565 g/mol. The van der Waals surface area contributed by atoms with Crippen molar-refractivity contribution in [3.63, 3.8) is 0 Å². The number of primary amides is 1. The van der Waals surface area contributed by atoms with Gasteiger partial charge in [0.25, 0.3) is 11.8 Å². The summed E-state index contributed by atoms with van der Waals surface area (Å²) in [6, 6.07) is 5.72. The van der Waals surface area contributed by atoms with Crippen LogP contribution in [0, 0.1) is 6.92 Å². The minimum absolute atomic E-state index is 0.0452. The number of hydrogen-bond acceptors (Lipinski definition) is 8. The molecule has 0 saturated carbocycles. The number of rotatable bonds is 7. The van der Waals surface area contributed by atoms with Crippen LogP contribution in [-0.2, 0) is 14.4 Å². The van der Waals surface area contributed by atoms with Crippen LogP contribution in [0.4, 0.5) is 5.69 Å². The fourth-order valence-corrected chi connectivity index (χ4v) is 7.10. The van der Waals surface area contributed by atoms with Gasteiger partial charge in [0.1, 0.15) is 17.3 Å². The van der Waals surface area contributed by atoms with E-state index in [0.717, 1.165) is 5.75 Å². The van der Waals surface area contributed by atoms with E-state index in [9.17, 15) is 24.0 Å². The number of aryl methyl sites for hydroxylation is 1. The van der Waals surface area contributed by atoms with E-state index in [4.69, 9.17) is 5.73 Å². The Hall–Kier alpha value is -4.00. The molecular weight excluding hydrogens is 534 g/mol. The number of carbonyl (C=O) groups is 5. The molecule has 0 aliphatic carbocycles. The lowest BCUT2D eigenvalue weighted by Gasteiger charge is -2.36. The van der Waals surface area contributed by atoms with Gasteiger partial charge in [0, 0.05) is 43.4 Å². The van der Waals surface area contributed by atoms with E-state index < -0.39 is 23.4 Å². The second kappa shape index (κ2) is 11.2. The third kappa shape index (κ3) is 5.25. The maximum absolute atomic E-state index is 13.6. The Bertz CT molecular complexity index is 1340. The van der Waals surface area contributed by atoms with Gasteiger partial charge in [0.2, 0.25) is 17.7 Å². The van der Waals surface area contributed by atoms with Crippen LogP contribution in [0.15, 0.2) is 36.7 Å². The fourth-order valence-electron chi connectivity index (χ4n) is 5.67. The van der Waals surface area contributed by atoms with E-state index in [1.807, 2.05) is 0 Å². The molecule has 210 valence electrons. The highest BCUT2D eigenvalue weighted by Gasteiger charge is 2.61. The van der Waals surface area contributed by atoms with Gasteiger partial charge in [-0.25, -0.2) is 4.98 Å². The van der Waals surface area contributed by atoms with E-state index in [2.05, 4.69) is 20.6 Å². The van der Waals surface area contributed by atoms with Crippen molar-refractivity contribution in [1.29, 1.82) is 0 Å². The van der Waals surface area contributed by atoms with Crippen LogP contribution in [0.2, 0.25) is 0 Å². The van der Waals surface area contributed by atoms with Crippen molar-refractivity contribution in [2.75, 3.05) is 24.2 Å². The van der Waals surface area contributed by atoms with E-state index in [1.165, 1.54) is 12.4 Å². The van der Waals surface area contributed by atoms with Gasteiger partial charge < -0.3 is 26.2 Å². The number of thioether (sulfide) groups is 1. The van der Waals surface area contributed by atoms with Crippen LogP contribution in [0.3, 0.4) is 0 Å². The summed E-state index contributed by atoms with van der Waals surface area (Å²) in [6.07, 6.45) is 5.21. The van der Waals surface area contributed by atoms with Gasteiger partial charge >= 0.3 is 0 Å². The molecule has 0 bridgehead atoms. The van der Waals surface area contributed by atoms with Crippen molar-refractivity contribution < 1.29 is 24.0 Å². The number of benzene rings is 1. The van der Waals surface area contributed by atoms with Crippen LogP contribution >= 0.6 is 11.8 Å². The number of aromatic nitrogens is 2. The van der Waals surface area contributed by atoms with Crippen molar-refractivity contribution in [2.45, 2.75) is 56.0 Å². The smallest absolute Gasteiger partial charge is 0.275 e. The van der Waals surface area contributed by atoms with Gasteiger partial charge in [-0.05, 0) is 56.2 Å². The average molecular weight is 566 g/mol. The topological polar surface area (TPSA) is 168 Å². The van der Waals surface area contributed by atoms with E-state index in [0.29, 0.717) is 49.2 Å². The number of hydrogen-bond donors (Lipinski definition) is 3. The van der Waals surface area contributed by atoms with Gasteiger partial charge in [-0.1, -0.05) is 0 Å². The number of likely N-dealkylation sites (tertiary alicyclic amines) is 1. The van der Waals surface area contributed by atoms with Gasteiger partial charge in [0.15, 0.2) is 0 Å². The van der Waals surface area contributed by atoms with E-state index >= 15 is 0 Å². The molecule has 3 fully saturated rings. The SMILES string of the molecule is Cc1cnc(C(=O)Nc2ccc(C(=O)NCCC(=O)N3CCCC34CC3SCC[C@H](C(N)=O)N3C4=O)cc2)cn1. The molecule has 40 heavy (non-hydrogen) atoms. The molecule has 13 heteroatoms. The summed E-state index contributed by atoms with van der Waals surface area (Å²) >= 11 is 1.63. The van der Waals surface area contributed by atoms with Gasteiger partial charge in [-0.15, -0.1) is 11.8 Å². The number of carbonyl (C=O) groups excluding carboxylic acids is 5. The molecule has 3 atom stereocenters. The normalized spacial score (nSPS) is 23.7. The number of nitrogens with two attached hydrogens (primary N) is 1. The summed E-state index contributed by atoms with van der Waals surface area (Å²) < 4.78 is 0. The zero-order chi connectivity index (χ0) is 28.4. The summed E-state index contributed by atoms with van der Waals surface area (Å²) in [6.45, 7) is 2.35. The van der Waals surface area contributed by atoms with Crippen LogP contribution in [0.25, 0.3) is 0 Å². The Labute approximate surface area is 235 Å². The molecular formula is C27H31N7O5S. The van der Waals surface area contributed by atoms with Gasteiger partial charge in [-0.3, -0.25) is 29.0 Å². The first-order valence-corrected chi connectivity index (χ1v) is 14.3. The van der Waals surface area contributed by atoms with Crippen LogP contribution in [0.1, 0.15) is 58.6 Å². The molecule has 2 unspecified atom stereocenters. The number of nitrogens with one attached hydrogen (secondary N) is 2. The molecule has 4 heterocycles. The minimum Gasteiger partial charge on any atom is -0.368 e. The third-order valence-electron chi connectivity index (χ3n) is 7.65. The Balaban J connectivity index is 1.14. The number of nitrogens with zero attached hydrogens (tertiary/aromatic N) is 4. The molecule has 1 aromatic heterocycles. The molecule has 0 radical (unpaired) electrons. The molecule has 5 rings (SSSR count). The zero-order valence-corrected chi connectivity index (χ0v) is 22.9. The summed E-state index contributed by atoms with van der Waals surface area (Å²) in [4.78, 5) is 75.1. The average Bonchev–Trinajstić information content (AvgIpc) is 3.50. The largest absolute Gasteiger partial charge is 0.368 e. The lowest BCUT2D eigenvalue weighted by atomic mass is 9.93. The highest BCUT2D eigenvalue weighted by Crippen LogP contribution is 2.48. The molecule has 3 aliphatic rings. The molecule has 2 aromatic rings. The first-order valence-electron chi connectivity index (χ1n) is 13.2. The first-order chi connectivity index (χ1) is 19.2. The lowest BCUT2D eigenvalue weighted by Crippen LogP contribution is -2.57. The maximum atomic E-state index is 13.6. The second-order valence-electron chi connectivity index (χ2n) is 10.2. The van der Waals surface area contributed by atoms with Crippen molar-refractivity contribution in [1.82, 2.24) is 25.1 Å². The lowest BCUT2D eigenvalue weighted by molar-refractivity contribution is -0.149. The van der Waals surface area contributed by atoms with Gasteiger partial charge in [0.05, 0.1) is 17.3 Å². The molecule has 5 amide bonds. The minimum atomic E-state index is -0.943. The van der Waals surface area contributed by atoms with E-state index in [1.54, 1.807) is 52.8 Å². The fraction of sp³-hybridized carbons (Fsp3) is 0.444. The van der Waals surface area contributed by atoms with Crippen LogP contribution < -0.4 is 16.4 Å². The molecule has 4 N–H and O–H groups in total. The summed E-state index contributed by atoms with van der Waals surface area (Å²) in [5.41, 5.74) is 6.38. The van der Waals surface area contributed by atoms with Crippen molar-refractivity contribution in [3.8, 4) is 0 Å². The Kier molecular flexibility index (Phi) is 7.74. The quantitative estimate of drug-likeness (QED) is 0.448. The first kappa shape index (κ1) is 27.6. The molecule has 3 aliphatic heterocycles. The molecule has 12 nitrogen and oxygen atoms in total. The summed E-state index contributed by atoms with van der Waals surface area (Å²) in [7, 11) is 0. The summed E-state index contributed by atoms with van der Waals surface area (Å²) in [5, 5.41) is 5.30. The predicted molar refractivity (Wildman–Crippen MR) is 147 cm³/mol. The number of fused-ring (bicyclic) bond motifs is 1. The van der Waals surface area contributed by atoms with Crippen LogP contribution in [-0.4, -0.2) is 85.1 Å². The Morgan fingerprint density at radius 1 is 1.12 bits per heavy atom. The standard InChI is InChI=1S/C27H31N7O5S/c1-16-14-31-19(15-30-16)25(38)32-18-5-3-17(4-6-18)24(37)29-10-7-21(35)33-11-2-9-27(33)13-22-34(26(27)39)20(23(28)36)8-12-40-22/h3-6,14-15,20,22H,2,7-13H2,1H3,(H2,28,36)(H,29,37)(H,32,38)/t20-,22?,27?/m1/s1. The summed E-state index contributed by atoms with van der Waals surface area (Å²) in [5.74, 6) is -0.934. The number of anilines is 1. The molecule has 1 aromatic carbocycles. The molecule has 3 saturated heterocycles. The predicted octanol–water partition coefficient (Wildman–Crippen LogP) is 1.07. The number of amides is 5. The molecule has 1 spiro atoms. The third-order valence-corrected chi connectivity index (χ3v) is 8.90. The van der Waals surface area contributed by atoms with Crippen molar-refractivity contribution >= 4 is 47.0 Å². The van der Waals surface area contributed by atoms with E-state index in [-0.39, 0.29) is 41.8 Å². The van der Waals surface area contributed by atoms with Crippen molar-refractivity contribution in [2.24, 2.45) is 5.73 Å². The maximum Gasteiger partial charge on any atom is 0.275 e. The Morgan fingerprint density at radius 3 is 2.60 bits per heavy atom. The zero-order valence-electron chi connectivity index (χ0n) is 22.1. The van der Waals surface area contributed by atoms with Crippen LogP contribution in [0.5, 0.6) is 0 Å². The second-order valence-corrected chi connectivity index (χ2v) is 11.5. The van der Waals surface area contributed by atoms with Crippen molar-refractivity contribution in [3.05, 3.63) is 53.6 Å². The van der Waals surface area contributed by atoms with Gasteiger partial charge in [-0.2, -0.15) is 0 Å².